The molecule has 3 heterocycles. The number of aryl methyl sites for hydroxylation is 1. The van der Waals surface area contributed by atoms with Crippen molar-refractivity contribution in [2.75, 3.05) is 20.2 Å². The average molecular weight is 507 g/mol. The van der Waals surface area contributed by atoms with Crippen molar-refractivity contribution in [2.45, 2.75) is 32.4 Å². The number of aromatic nitrogens is 3. The maximum atomic E-state index is 13.4. The molecule has 9 heteroatoms. The van der Waals surface area contributed by atoms with Gasteiger partial charge in [-0.2, -0.15) is 5.10 Å². The Balaban J connectivity index is 1.33. The number of ether oxygens (including phenoxy) is 2. The molecule has 186 valence electrons. The Morgan fingerprint density at radius 3 is 2.39 bits per heavy atom. The number of hydrogen-bond donors (Lipinski definition) is 0. The summed E-state index contributed by atoms with van der Waals surface area (Å²) in [5.74, 6) is 1.33. The maximum absolute atomic E-state index is 13.4. The van der Waals surface area contributed by atoms with Crippen molar-refractivity contribution in [1.82, 2.24) is 19.1 Å². The molecule has 0 radical (unpaired) electrons. The van der Waals surface area contributed by atoms with E-state index >= 15 is 0 Å². The summed E-state index contributed by atoms with van der Waals surface area (Å²) in [5.41, 5.74) is 2.10. The van der Waals surface area contributed by atoms with Crippen LogP contribution in [-0.4, -0.2) is 51.3 Å². The molecule has 0 spiro atoms. The van der Waals surface area contributed by atoms with E-state index < -0.39 is 0 Å². The fourth-order valence-corrected chi connectivity index (χ4v) is 4.68. The van der Waals surface area contributed by atoms with Gasteiger partial charge in [0.15, 0.2) is 0 Å². The lowest BCUT2D eigenvalue weighted by Gasteiger charge is -2.32. The SMILES string of the molecule is COc1ccc(Cn2cc(C)n3ncc(C(=O)N4CCC(Oc5ccc(Cl)cc5)CC4)c3c2=O)cc1. The van der Waals surface area contributed by atoms with Crippen LogP contribution in [0.4, 0.5) is 0 Å². The molecule has 1 saturated heterocycles. The Morgan fingerprint density at radius 1 is 1.06 bits per heavy atom. The highest BCUT2D eigenvalue weighted by molar-refractivity contribution is 6.30. The Bertz CT molecular complexity index is 1440. The van der Waals surface area contributed by atoms with E-state index in [1.807, 2.05) is 43.3 Å². The van der Waals surface area contributed by atoms with Gasteiger partial charge in [-0.15, -0.1) is 0 Å². The fraction of sp³-hybridized carbons (Fsp3) is 0.296. The maximum Gasteiger partial charge on any atom is 0.277 e. The average Bonchev–Trinajstić information content (AvgIpc) is 3.35. The van der Waals surface area contributed by atoms with Crippen LogP contribution in [0, 0.1) is 6.92 Å². The number of halogens is 1. The molecule has 1 amide bonds. The van der Waals surface area contributed by atoms with E-state index in [0.717, 1.165) is 22.8 Å². The van der Waals surface area contributed by atoms with Gasteiger partial charge in [-0.25, -0.2) is 4.52 Å². The molecule has 2 aromatic heterocycles. The van der Waals surface area contributed by atoms with Gasteiger partial charge in [0.2, 0.25) is 0 Å². The van der Waals surface area contributed by atoms with Crippen molar-refractivity contribution in [2.24, 2.45) is 0 Å². The number of piperidine rings is 1. The highest BCUT2D eigenvalue weighted by Gasteiger charge is 2.28. The van der Waals surface area contributed by atoms with Crippen LogP contribution in [0.5, 0.6) is 11.5 Å². The van der Waals surface area contributed by atoms with Gasteiger partial charge >= 0.3 is 0 Å². The van der Waals surface area contributed by atoms with Gasteiger partial charge in [0, 0.05) is 37.2 Å². The minimum absolute atomic E-state index is 0.0168. The molecule has 5 rings (SSSR count). The third-order valence-electron chi connectivity index (χ3n) is 6.50. The zero-order valence-corrected chi connectivity index (χ0v) is 20.9. The van der Waals surface area contributed by atoms with Crippen molar-refractivity contribution in [3.05, 3.63) is 93.1 Å². The molecular weight excluding hydrogens is 480 g/mol. The second kappa shape index (κ2) is 10.1. The topological polar surface area (TPSA) is 78.1 Å². The van der Waals surface area contributed by atoms with E-state index in [9.17, 15) is 9.59 Å². The Hall–Kier alpha value is -3.78. The Labute approximate surface area is 213 Å². The summed E-state index contributed by atoms with van der Waals surface area (Å²) in [6.07, 6.45) is 4.69. The molecule has 8 nitrogen and oxygen atoms in total. The summed E-state index contributed by atoms with van der Waals surface area (Å²) in [6, 6.07) is 14.8. The van der Waals surface area contributed by atoms with Gasteiger partial charge in [0.1, 0.15) is 23.1 Å². The molecule has 0 N–H and O–H groups in total. The van der Waals surface area contributed by atoms with Gasteiger partial charge in [-0.3, -0.25) is 9.59 Å². The summed E-state index contributed by atoms with van der Waals surface area (Å²) < 4.78 is 14.4. The molecule has 0 aliphatic carbocycles. The third kappa shape index (κ3) is 4.81. The van der Waals surface area contributed by atoms with Gasteiger partial charge < -0.3 is 18.9 Å². The number of hydrogen-bond acceptors (Lipinski definition) is 5. The lowest BCUT2D eigenvalue weighted by atomic mass is 10.1. The standard InChI is InChI=1S/C27H27ClN4O4/c1-18-16-31(17-19-3-7-21(35-2)8-4-19)27(34)25-24(15-29-32(18)25)26(33)30-13-11-23(12-14-30)36-22-9-5-20(28)6-10-22/h3-10,15-16,23H,11-14,17H2,1-2H3. The zero-order valence-electron chi connectivity index (χ0n) is 20.2. The number of carbonyl (C=O) groups excluding carboxylic acids is 1. The molecule has 1 aliphatic rings. The normalized spacial score (nSPS) is 14.2. The Morgan fingerprint density at radius 2 is 1.72 bits per heavy atom. The van der Waals surface area contributed by atoms with Gasteiger partial charge in [0.05, 0.1) is 31.1 Å². The zero-order chi connectivity index (χ0) is 25.2. The number of fused-ring (bicyclic) bond motifs is 1. The monoisotopic (exact) mass is 506 g/mol. The van der Waals surface area contributed by atoms with E-state index in [1.54, 1.807) is 39.4 Å². The van der Waals surface area contributed by atoms with E-state index in [0.29, 0.717) is 48.6 Å². The van der Waals surface area contributed by atoms with Crippen LogP contribution in [0.15, 0.2) is 65.7 Å². The predicted octanol–water partition coefficient (Wildman–Crippen LogP) is 4.20. The van der Waals surface area contributed by atoms with Crippen LogP contribution in [0.1, 0.15) is 34.5 Å². The first-order chi connectivity index (χ1) is 17.4. The van der Waals surface area contributed by atoms with Gasteiger partial charge in [-0.1, -0.05) is 23.7 Å². The quantitative estimate of drug-likeness (QED) is 0.391. The van der Waals surface area contributed by atoms with E-state index in [2.05, 4.69) is 5.10 Å². The van der Waals surface area contributed by atoms with E-state index in [4.69, 9.17) is 21.1 Å². The van der Waals surface area contributed by atoms with Crippen LogP contribution in [-0.2, 0) is 6.54 Å². The minimum Gasteiger partial charge on any atom is -0.497 e. The van der Waals surface area contributed by atoms with Crippen LogP contribution >= 0.6 is 11.6 Å². The highest BCUT2D eigenvalue weighted by Crippen LogP contribution is 2.23. The van der Waals surface area contributed by atoms with Crippen LogP contribution < -0.4 is 15.0 Å². The minimum atomic E-state index is -0.252. The van der Waals surface area contributed by atoms with E-state index in [1.165, 1.54) is 6.20 Å². The number of amides is 1. The molecule has 1 fully saturated rings. The van der Waals surface area contributed by atoms with Crippen molar-refractivity contribution >= 4 is 23.0 Å². The molecule has 0 bridgehead atoms. The molecule has 0 atom stereocenters. The number of benzene rings is 2. The van der Waals surface area contributed by atoms with Gasteiger partial charge in [0.25, 0.3) is 11.5 Å². The first-order valence-corrected chi connectivity index (χ1v) is 12.2. The second-order valence-corrected chi connectivity index (χ2v) is 9.37. The van der Waals surface area contributed by atoms with Crippen LogP contribution in [0.25, 0.3) is 5.52 Å². The third-order valence-corrected chi connectivity index (χ3v) is 6.75. The van der Waals surface area contributed by atoms with Crippen LogP contribution in [0.2, 0.25) is 5.02 Å². The number of carbonyl (C=O) groups is 1. The molecule has 36 heavy (non-hydrogen) atoms. The number of nitrogens with zero attached hydrogens (tertiary/aromatic N) is 4. The molecule has 0 unspecified atom stereocenters. The summed E-state index contributed by atoms with van der Waals surface area (Å²) >= 11 is 5.95. The number of rotatable bonds is 6. The molecule has 0 saturated carbocycles. The highest BCUT2D eigenvalue weighted by atomic mass is 35.5. The number of likely N-dealkylation sites (tertiary alicyclic amines) is 1. The summed E-state index contributed by atoms with van der Waals surface area (Å²) in [5, 5.41) is 5.01. The Kier molecular flexibility index (Phi) is 6.69. The van der Waals surface area contributed by atoms with Crippen molar-refractivity contribution in [3.8, 4) is 11.5 Å². The van der Waals surface area contributed by atoms with Crippen molar-refractivity contribution in [3.63, 3.8) is 0 Å². The lowest BCUT2D eigenvalue weighted by Crippen LogP contribution is -2.42. The molecular formula is C27H27ClN4O4. The second-order valence-electron chi connectivity index (χ2n) is 8.93. The van der Waals surface area contributed by atoms with E-state index in [-0.39, 0.29) is 17.6 Å². The smallest absolute Gasteiger partial charge is 0.277 e. The fourth-order valence-electron chi connectivity index (χ4n) is 4.55. The number of methoxy groups -OCH3 is 1. The molecule has 1 aliphatic heterocycles. The van der Waals surface area contributed by atoms with Crippen molar-refractivity contribution < 1.29 is 14.3 Å². The summed E-state index contributed by atoms with van der Waals surface area (Å²) in [7, 11) is 1.62. The molecule has 4 aromatic rings. The predicted molar refractivity (Wildman–Crippen MR) is 137 cm³/mol. The van der Waals surface area contributed by atoms with Crippen LogP contribution in [0.3, 0.4) is 0 Å². The largest absolute Gasteiger partial charge is 0.497 e. The lowest BCUT2D eigenvalue weighted by molar-refractivity contribution is 0.0597. The van der Waals surface area contributed by atoms with Crippen molar-refractivity contribution in [1.29, 1.82) is 0 Å². The first-order valence-electron chi connectivity index (χ1n) is 11.8. The molecule has 2 aromatic carbocycles. The first kappa shape index (κ1) is 23.9. The summed E-state index contributed by atoms with van der Waals surface area (Å²) in [4.78, 5) is 28.6. The summed E-state index contributed by atoms with van der Waals surface area (Å²) in [6.45, 7) is 3.34. The van der Waals surface area contributed by atoms with Gasteiger partial charge in [-0.05, 0) is 48.9 Å².